The van der Waals surface area contributed by atoms with E-state index in [1.165, 1.54) is 11.1 Å². The molecule has 0 bridgehead atoms. The number of ether oxygens (including phenoxy) is 1. The fraction of sp³-hybridized carbons (Fsp3) is 0.400. The summed E-state index contributed by atoms with van der Waals surface area (Å²) < 4.78 is 7.72. The largest absolute Gasteiger partial charge is 0.489 e. The van der Waals surface area contributed by atoms with E-state index in [1.54, 1.807) is 10.9 Å². The van der Waals surface area contributed by atoms with Gasteiger partial charge >= 0.3 is 0 Å². The maximum Gasteiger partial charge on any atom is 0.273 e. The number of carbonyl (C=O) groups is 1. The number of benzene rings is 2. The monoisotopic (exact) mass is 431 g/mol. The van der Waals surface area contributed by atoms with Gasteiger partial charge in [-0.1, -0.05) is 47.2 Å². The molecule has 1 aliphatic carbocycles. The van der Waals surface area contributed by atoms with Gasteiger partial charge in [-0.15, -0.1) is 5.10 Å². The van der Waals surface area contributed by atoms with Gasteiger partial charge in [-0.25, -0.2) is 4.68 Å². The summed E-state index contributed by atoms with van der Waals surface area (Å²) in [6.45, 7) is 6.50. The van der Waals surface area contributed by atoms with Crippen molar-refractivity contribution in [2.75, 3.05) is 13.1 Å². The predicted molar refractivity (Wildman–Crippen MR) is 121 cm³/mol. The normalized spacial score (nSPS) is 17.6. The number of nitrogens with zero attached hydrogens (tertiary/aromatic N) is 4. The number of hydrogen-bond acceptors (Lipinski definition) is 5. The van der Waals surface area contributed by atoms with Crippen molar-refractivity contribution in [2.24, 2.45) is 0 Å². The second-order valence-electron chi connectivity index (χ2n) is 8.96. The van der Waals surface area contributed by atoms with Crippen LogP contribution in [-0.4, -0.2) is 44.9 Å². The van der Waals surface area contributed by atoms with Gasteiger partial charge in [-0.2, -0.15) is 0 Å². The summed E-state index contributed by atoms with van der Waals surface area (Å²) >= 11 is 0. The maximum absolute atomic E-state index is 12.4. The van der Waals surface area contributed by atoms with Crippen LogP contribution < -0.4 is 10.1 Å². The molecule has 0 spiro atoms. The van der Waals surface area contributed by atoms with E-state index >= 15 is 0 Å². The Morgan fingerprint density at radius 1 is 1.12 bits per heavy atom. The van der Waals surface area contributed by atoms with Gasteiger partial charge in [0.2, 0.25) is 0 Å². The maximum atomic E-state index is 12.4. The zero-order valence-electron chi connectivity index (χ0n) is 18.6. The third kappa shape index (κ3) is 4.67. The van der Waals surface area contributed by atoms with Gasteiger partial charge < -0.3 is 10.1 Å². The molecule has 2 aromatic carbocycles. The number of hydrogen-bond donors (Lipinski definition) is 1. The third-order valence-corrected chi connectivity index (χ3v) is 6.35. The molecule has 32 heavy (non-hydrogen) atoms. The Morgan fingerprint density at radius 3 is 2.53 bits per heavy atom. The van der Waals surface area contributed by atoms with E-state index in [9.17, 15) is 4.79 Å². The molecular formula is C25H29N5O2. The molecular weight excluding hydrogens is 402 g/mol. The predicted octanol–water partition coefficient (Wildman–Crippen LogP) is 3.68. The lowest BCUT2D eigenvalue weighted by atomic mass is 10.0. The molecule has 1 unspecified atom stereocenters. The average molecular weight is 432 g/mol. The van der Waals surface area contributed by atoms with Gasteiger partial charge in [0, 0.05) is 19.1 Å². The first-order valence-electron chi connectivity index (χ1n) is 11.3. The van der Waals surface area contributed by atoms with Gasteiger partial charge in [0.25, 0.3) is 5.91 Å². The van der Waals surface area contributed by atoms with Gasteiger partial charge in [0.15, 0.2) is 5.69 Å². The Balaban J connectivity index is 1.08. The summed E-state index contributed by atoms with van der Waals surface area (Å²) in [5.74, 6) is 0.735. The number of rotatable bonds is 8. The van der Waals surface area contributed by atoms with Crippen molar-refractivity contribution in [2.45, 2.75) is 51.4 Å². The van der Waals surface area contributed by atoms with Crippen LogP contribution in [0.15, 0.2) is 54.7 Å². The van der Waals surface area contributed by atoms with Crippen LogP contribution in [-0.2, 0) is 6.61 Å². The highest BCUT2D eigenvalue weighted by molar-refractivity contribution is 5.92. The van der Waals surface area contributed by atoms with Crippen LogP contribution >= 0.6 is 0 Å². The molecule has 1 aromatic heterocycles. The second-order valence-corrected chi connectivity index (χ2v) is 8.96. The van der Waals surface area contributed by atoms with E-state index in [0.29, 0.717) is 18.3 Å². The number of likely N-dealkylation sites (tertiary alicyclic amines) is 1. The Labute approximate surface area is 188 Å². The van der Waals surface area contributed by atoms with Crippen LogP contribution in [0.3, 0.4) is 0 Å². The minimum atomic E-state index is -0.135. The summed E-state index contributed by atoms with van der Waals surface area (Å²) in [5, 5.41) is 11.1. The van der Waals surface area contributed by atoms with E-state index in [-0.39, 0.29) is 18.0 Å². The van der Waals surface area contributed by atoms with Gasteiger partial charge in [0.1, 0.15) is 12.4 Å². The smallest absolute Gasteiger partial charge is 0.273 e. The molecule has 1 aliphatic heterocycles. The summed E-state index contributed by atoms with van der Waals surface area (Å²) in [6.07, 6.45) is 4.01. The zero-order chi connectivity index (χ0) is 22.1. The number of carbonyl (C=O) groups excluding carboxylic acids is 1. The Morgan fingerprint density at radius 2 is 1.84 bits per heavy atom. The Hall–Kier alpha value is -3.19. The molecule has 3 aromatic rings. The van der Waals surface area contributed by atoms with E-state index in [1.807, 2.05) is 12.1 Å². The number of amides is 1. The topological polar surface area (TPSA) is 72.3 Å². The molecule has 1 atom stereocenters. The van der Waals surface area contributed by atoms with Gasteiger partial charge in [-0.3, -0.25) is 9.69 Å². The highest BCUT2D eigenvalue weighted by atomic mass is 16.5. The van der Waals surface area contributed by atoms with Crippen LogP contribution in [0.2, 0.25) is 0 Å². The third-order valence-electron chi connectivity index (χ3n) is 6.35. The first kappa shape index (κ1) is 20.7. The highest BCUT2D eigenvalue weighted by Crippen LogP contribution is 2.33. The fourth-order valence-corrected chi connectivity index (χ4v) is 3.98. The molecule has 1 amide bonds. The molecule has 5 rings (SSSR count). The van der Waals surface area contributed by atoms with E-state index in [2.05, 4.69) is 70.8 Å². The van der Waals surface area contributed by atoms with Crippen molar-refractivity contribution in [1.29, 1.82) is 0 Å². The van der Waals surface area contributed by atoms with E-state index < -0.39 is 0 Å². The van der Waals surface area contributed by atoms with Crippen molar-refractivity contribution < 1.29 is 9.53 Å². The van der Waals surface area contributed by atoms with Gasteiger partial charge in [-0.05, 0) is 49.9 Å². The molecule has 7 heteroatoms. The first-order chi connectivity index (χ1) is 15.5. The number of aromatic nitrogens is 3. The average Bonchev–Trinajstić information content (AvgIpc) is 3.51. The lowest BCUT2D eigenvalue weighted by molar-refractivity contribution is 0.0672. The quantitative estimate of drug-likeness (QED) is 0.589. The summed E-state index contributed by atoms with van der Waals surface area (Å²) in [6, 6.07) is 17.6. The molecule has 2 fully saturated rings. The van der Waals surface area contributed by atoms with E-state index in [0.717, 1.165) is 37.2 Å². The summed E-state index contributed by atoms with van der Waals surface area (Å²) in [5.41, 5.74) is 4.06. The van der Waals surface area contributed by atoms with Crippen molar-refractivity contribution in [3.63, 3.8) is 0 Å². The molecule has 7 nitrogen and oxygen atoms in total. The minimum Gasteiger partial charge on any atom is -0.489 e. The van der Waals surface area contributed by atoms with Crippen LogP contribution in [0.4, 0.5) is 0 Å². The summed E-state index contributed by atoms with van der Waals surface area (Å²) in [7, 11) is 0. The standard InChI is InChI=1S/C25H29N5O2/c1-17-3-5-19(6-4-17)16-32-23-11-7-20(8-12-23)18(2)29-13-21(14-29)26-25(31)24-15-30(28-27-24)22-9-10-22/h3-8,11-12,15,18,21-22H,9-10,13-14,16H2,1-2H3,(H,26,31). The molecule has 2 heterocycles. The van der Waals surface area contributed by atoms with Crippen LogP contribution in [0.1, 0.15) is 59.0 Å². The highest BCUT2D eigenvalue weighted by Gasteiger charge is 2.33. The molecule has 166 valence electrons. The first-order valence-corrected chi connectivity index (χ1v) is 11.3. The van der Waals surface area contributed by atoms with E-state index in [4.69, 9.17) is 4.74 Å². The van der Waals surface area contributed by atoms with Gasteiger partial charge in [0.05, 0.1) is 18.3 Å². The van der Waals surface area contributed by atoms with Crippen molar-refractivity contribution in [1.82, 2.24) is 25.2 Å². The van der Waals surface area contributed by atoms with Crippen molar-refractivity contribution in [3.8, 4) is 5.75 Å². The summed E-state index contributed by atoms with van der Waals surface area (Å²) in [4.78, 5) is 14.8. The molecule has 1 N–H and O–H groups in total. The molecule has 2 aliphatic rings. The lowest BCUT2D eigenvalue weighted by Crippen LogP contribution is -2.59. The molecule has 1 saturated heterocycles. The number of aryl methyl sites for hydroxylation is 1. The van der Waals surface area contributed by atoms with Crippen molar-refractivity contribution in [3.05, 3.63) is 77.1 Å². The SMILES string of the molecule is Cc1ccc(COc2ccc(C(C)N3CC(NC(=O)c4cn(C5CC5)nn4)C3)cc2)cc1. The number of nitrogens with one attached hydrogen (secondary N) is 1. The van der Waals surface area contributed by atoms with Crippen LogP contribution in [0, 0.1) is 6.92 Å². The molecule has 0 radical (unpaired) electrons. The van der Waals surface area contributed by atoms with Crippen LogP contribution in [0.5, 0.6) is 5.75 Å². The van der Waals surface area contributed by atoms with Crippen molar-refractivity contribution >= 4 is 5.91 Å². The minimum absolute atomic E-state index is 0.135. The zero-order valence-corrected chi connectivity index (χ0v) is 18.6. The molecule has 1 saturated carbocycles. The lowest BCUT2D eigenvalue weighted by Gasteiger charge is -2.43. The van der Waals surface area contributed by atoms with Crippen LogP contribution in [0.25, 0.3) is 0 Å². The Bertz CT molecular complexity index is 1070. The fourth-order valence-electron chi connectivity index (χ4n) is 3.98. The second kappa shape index (κ2) is 8.74. The Kier molecular flexibility index (Phi) is 5.66.